The average molecular weight is 474 g/mol. The van der Waals surface area contributed by atoms with Gasteiger partial charge in [0.15, 0.2) is 0 Å². The first-order valence-electron chi connectivity index (χ1n) is 10.6. The molecule has 1 aliphatic heterocycles. The van der Waals surface area contributed by atoms with Gasteiger partial charge in [0.25, 0.3) is 5.91 Å². The molecule has 1 aliphatic rings. The predicted molar refractivity (Wildman–Crippen MR) is 123 cm³/mol. The van der Waals surface area contributed by atoms with E-state index in [9.17, 15) is 18.0 Å². The monoisotopic (exact) mass is 473 g/mol. The highest BCUT2D eigenvalue weighted by Crippen LogP contribution is 2.49. The summed E-state index contributed by atoms with van der Waals surface area (Å²) < 4.78 is 42.8. The highest BCUT2D eigenvalue weighted by molar-refractivity contribution is 6.30. The van der Waals surface area contributed by atoms with E-state index in [0.717, 1.165) is 5.69 Å². The fraction of sp³-hybridized carbons (Fsp3) is 0.280. The number of carbonyl (C=O) groups is 1. The van der Waals surface area contributed by atoms with Crippen LogP contribution in [0.15, 0.2) is 66.9 Å². The zero-order chi connectivity index (χ0) is 23.6. The third-order valence-electron chi connectivity index (χ3n) is 6.17. The van der Waals surface area contributed by atoms with Crippen molar-refractivity contribution < 1.29 is 18.0 Å². The number of anilines is 1. The van der Waals surface area contributed by atoms with Crippen molar-refractivity contribution in [3.8, 4) is 0 Å². The van der Waals surface area contributed by atoms with E-state index in [0.29, 0.717) is 23.4 Å². The number of hydrogen-bond donors (Lipinski definition) is 1. The number of pyridine rings is 1. The van der Waals surface area contributed by atoms with E-state index in [4.69, 9.17) is 11.6 Å². The van der Waals surface area contributed by atoms with E-state index in [-0.39, 0.29) is 36.0 Å². The first kappa shape index (κ1) is 23.1. The van der Waals surface area contributed by atoms with Crippen LogP contribution in [0.1, 0.15) is 33.6 Å². The van der Waals surface area contributed by atoms with Crippen molar-refractivity contribution in [2.45, 2.75) is 31.5 Å². The van der Waals surface area contributed by atoms with Gasteiger partial charge >= 0.3 is 6.18 Å². The zero-order valence-corrected chi connectivity index (χ0v) is 18.7. The van der Waals surface area contributed by atoms with E-state index < -0.39 is 11.6 Å². The Morgan fingerprint density at radius 1 is 1.15 bits per heavy atom. The summed E-state index contributed by atoms with van der Waals surface area (Å²) >= 11 is 6.00. The maximum Gasteiger partial charge on any atom is 0.400 e. The molecule has 172 valence electrons. The number of carbonyl (C=O) groups excluding carboxylic acids is 1. The summed E-state index contributed by atoms with van der Waals surface area (Å²) in [5.74, 6) is -0.255. The Kier molecular flexibility index (Phi) is 6.34. The number of benzene rings is 2. The summed E-state index contributed by atoms with van der Waals surface area (Å²) in [5, 5.41) is 3.11. The number of hydrogen-bond acceptors (Lipinski definition) is 3. The minimum Gasteiger partial charge on any atom is -0.370 e. The Labute approximate surface area is 195 Å². The molecule has 1 N–H and O–H groups in total. The molecule has 1 unspecified atom stereocenters. The van der Waals surface area contributed by atoms with Gasteiger partial charge in [0.05, 0.1) is 12.2 Å². The molecule has 2 heterocycles. The molecule has 4 nitrogen and oxygen atoms in total. The Balaban J connectivity index is 1.53. The van der Waals surface area contributed by atoms with Crippen molar-refractivity contribution in [3.63, 3.8) is 0 Å². The predicted octanol–water partition coefficient (Wildman–Crippen LogP) is 5.68. The van der Waals surface area contributed by atoms with Crippen molar-refractivity contribution in [2.75, 3.05) is 18.0 Å². The molecule has 8 heteroatoms. The zero-order valence-electron chi connectivity index (χ0n) is 18.0. The number of rotatable bonds is 5. The van der Waals surface area contributed by atoms with Gasteiger partial charge in [0, 0.05) is 35.6 Å². The van der Waals surface area contributed by atoms with Gasteiger partial charge in [0.1, 0.15) is 5.41 Å². The van der Waals surface area contributed by atoms with E-state index in [1.165, 1.54) is 12.1 Å². The summed E-state index contributed by atoms with van der Waals surface area (Å²) in [4.78, 5) is 18.5. The van der Waals surface area contributed by atoms with Crippen molar-refractivity contribution in [2.24, 2.45) is 0 Å². The molecule has 1 fully saturated rings. The maximum absolute atomic E-state index is 14.3. The Hall–Kier alpha value is -3.06. The van der Waals surface area contributed by atoms with E-state index >= 15 is 0 Å². The normalized spacial score (nSPS) is 18.4. The summed E-state index contributed by atoms with van der Waals surface area (Å²) in [7, 11) is 0. The van der Waals surface area contributed by atoms with Crippen LogP contribution in [0.4, 0.5) is 18.9 Å². The molecule has 1 saturated heterocycles. The molecule has 0 bridgehead atoms. The number of halogens is 4. The van der Waals surface area contributed by atoms with Crippen LogP contribution in [0.25, 0.3) is 0 Å². The lowest BCUT2D eigenvalue weighted by molar-refractivity contribution is -0.184. The molecular formula is C25H23ClF3N3O. The number of nitrogens with one attached hydrogen (secondary N) is 1. The van der Waals surface area contributed by atoms with Crippen LogP contribution in [0.5, 0.6) is 0 Å². The van der Waals surface area contributed by atoms with Gasteiger partial charge in [-0.1, -0.05) is 29.8 Å². The van der Waals surface area contributed by atoms with Gasteiger partial charge in [-0.15, -0.1) is 0 Å². The highest BCUT2D eigenvalue weighted by atomic mass is 35.5. The quantitative estimate of drug-likeness (QED) is 0.518. The van der Waals surface area contributed by atoms with Gasteiger partial charge in [-0.2, -0.15) is 13.2 Å². The minimum absolute atomic E-state index is 0.0673. The van der Waals surface area contributed by atoms with Crippen LogP contribution in [0, 0.1) is 6.92 Å². The number of aromatic nitrogens is 1. The third-order valence-corrected chi connectivity index (χ3v) is 6.40. The van der Waals surface area contributed by atoms with E-state index in [2.05, 4.69) is 10.3 Å². The Morgan fingerprint density at radius 3 is 2.64 bits per heavy atom. The molecule has 3 aromatic rings. The van der Waals surface area contributed by atoms with Gasteiger partial charge in [-0.3, -0.25) is 9.78 Å². The fourth-order valence-electron chi connectivity index (χ4n) is 4.32. The van der Waals surface area contributed by atoms with Gasteiger partial charge in [-0.25, -0.2) is 0 Å². The average Bonchev–Trinajstić information content (AvgIpc) is 3.25. The van der Waals surface area contributed by atoms with Crippen molar-refractivity contribution in [1.29, 1.82) is 0 Å². The molecule has 0 spiro atoms. The SMILES string of the molecule is Cc1cc(N2CCC(c3cccc(Cl)c3)(C(F)(F)F)C2)ccc1C(=O)NCc1ccccn1. The van der Waals surface area contributed by atoms with E-state index in [1.807, 2.05) is 12.1 Å². The van der Waals surface area contributed by atoms with Gasteiger partial charge in [0.2, 0.25) is 0 Å². The van der Waals surface area contributed by atoms with Crippen LogP contribution in [0.2, 0.25) is 5.02 Å². The largest absolute Gasteiger partial charge is 0.400 e. The lowest BCUT2D eigenvalue weighted by atomic mass is 9.79. The number of amides is 1. The van der Waals surface area contributed by atoms with Crippen molar-refractivity contribution >= 4 is 23.2 Å². The van der Waals surface area contributed by atoms with Crippen molar-refractivity contribution in [3.05, 3.63) is 94.3 Å². The Bertz CT molecular complexity index is 1150. The van der Waals surface area contributed by atoms with Crippen LogP contribution in [0.3, 0.4) is 0 Å². The molecule has 1 amide bonds. The Morgan fingerprint density at radius 2 is 1.97 bits per heavy atom. The molecular weight excluding hydrogens is 451 g/mol. The molecule has 33 heavy (non-hydrogen) atoms. The summed E-state index contributed by atoms with van der Waals surface area (Å²) in [6.45, 7) is 2.11. The summed E-state index contributed by atoms with van der Waals surface area (Å²) in [6, 6.07) is 16.6. The van der Waals surface area contributed by atoms with Gasteiger partial charge in [-0.05, 0) is 66.9 Å². The molecule has 1 atom stereocenters. The fourth-order valence-corrected chi connectivity index (χ4v) is 4.51. The smallest absolute Gasteiger partial charge is 0.370 e. The van der Waals surface area contributed by atoms with Crippen LogP contribution in [-0.4, -0.2) is 30.2 Å². The van der Waals surface area contributed by atoms with Crippen LogP contribution < -0.4 is 10.2 Å². The molecule has 1 aromatic heterocycles. The number of aryl methyl sites for hydroxylation is 1. The first-order chi connectivity index (χ1) is 15.7. The summed E-state index contributed by atoms with van der Waals surface area (Å²) in [5.41, 5.74) is 0.741. The maximum atomic E-state index is 14.3. The minimum atomic E-state index is -4.42. The molecule has 0 aliphatic carbocycles. The highest BCUT2D eigenvalue weighted by Gasteiger charge is 2.59. The standard InChI is InChI=1S/C25H23ClF3N3O/c1-17-13-21(8-9-22(17)23(33)31-15-20-7-2-3-11-30-20)32-12-10-24(16-32,25(27,28)29)18-5-4-6-19(26)14-18/h2-9,11,13-14H,10,12,15-16H2,1H3,(H,31,33). The lowest BCUT2D eigenvalue weighted by Gasteiger charge is -2.33. The lowest BCUT2D eigenvalue weighted by Crippen LogP contribution is -2.44. The van der Waals surface area contributed by atoms with Crippen LogP contribution >= 0.6 is 11.6 Å². The second-order valence-corrected chi connectivity index (χ2v) is 8.70. The number of nitrogens with zero attached hydrogens (tertiary/aromatic N) is 2. The third kappa shape index (κ3) is 4.69. The van der Waals surface area contributed by atoms with Gasteiger partial charge < -0.3 is 10.2 Å². The second-order valence-electron chi connectivity index (χ2n) is 8.26. The van der Waals surface area contributed by atoms with E-state index in [1.54, 1.807) is 54.4 Å². The summed E-state index contributed by atoms with van der Waals surface area (Å²) in [6.07, 6.45) is -2.84. The molecule has 0 radical (unpaired) electrons. The topological polar surface area (TPSA) is 45.2 Å². The van der Waals surface area contributed by atoms with Crippen LogP contribution in [-0.2, 0) is 12.0 Å². The molecule has 2 aromatic carbocycles. The second kappa shape index (κ2) is 9.06. The first-order valence-corrected chi connectivity index (χ1v) is 10.9. The molecule has 4 rings (SSSR count). The van der Waals surface area contributed by atoms with Crippen molar-refractivity contribution in [1.82, 2.24) is 10.3 Å². The molecule has 0 saturated carbocycles. The number of alkyl halides is 3.